The van der Waals surface area contributed by atoms with Crippen LogP contribution in [0.2, 0.25) is 0 Å². The standard InChI is InChI=1S/C37H39BrFN3O8/c1-48-28-14-23(15-29(18-28)49-2)19-41(26-10-11-26)35(43)34-30(17-27-20-40(36(44)45)21-32(34)42(27)37(46)47)24-7-5-22(6-8-24)4-3-13-50-33-16-25(39)9-12-31(33)38/h5-9,12,14-16,18,26-27,32H,3-4,10-11,13,17,19-21H2,1-2H3,(H,44,45)(H,46,47). The van der Waals surface area contributed by atoms with Gasteiger partial charge in [0.2, 0.25) is 0 Å². The molecule has 3 amide bonds. The van der Waals surface area contributed by atoms with E-state index in [1.807, 2.05) is 36.4 Å². The lowest BCUT2D eigenvalue weighted by Crippen LogP contribution is -2.65. The molecule has 0 radical (unpaired) electrons. The van der Waals surface area contributed by atoms with Gasteiger partial charge in [-0.1, -0.05) is 24.3 Å². The molecule has 2 aliphatic heterocycles. The first-order valence-electron chi connectivity index (χ1n) is 16.5. The third-order valence-electron chi connectivity index (χ3n) is 9.45. The molecule has 13 heteroatoms. The van der Waals surface area contributed by atoms with Crippen LogP contribution in [-0.2, 0) is 17.8 Å². The number of carbonyl (C=O) groups excluding carboxylic acids is 1. The van der Waals surface area contributed by atoms with Gasteiger partial charge >= 0.3 is 12.2 Å². The van der Waals surface area contributed by atoms with Gasteiger partial charge < -0.3 is 34.2 Å². The highest BCUT2D eigenvalue weighted by Crippen LogP contribution is 2.41. The number of amides is 3. The average molecular weight is 753 g/mol. The molecule has 2 fully saturated rings. The lowest BCUT2D eigenvalue weighted by atomic mass is 9.81. The van der Waals surface area contributed by atoms with E-state index in [0.29, 0.717) is 46.7 Å². The van der Waals surface area contributed by atoms with E-state index < -0.39 is 24.3 Å². The molecule has 1 saturated heterocycles. The molecule has 0 spiro atoms. The van der Waals surface area contributed by atoms with Gasteiger partial charge in [-0.3, -0.25) is 9.69 Å². The van der Waals surface area contributed by atoms with Crippen LogP contribution in [0.3, 0.4) is 0 Å². The summed E-state index contributed by atoms with van der Waals surface area (Å²) in [6, 6.07) is 15.9. The summed E-state index contributed by atoms with van der Waals surface area (Å²) in [5.41, 5.74) is 3.65. The fourth-order valence-electron chi connectivity index (χ4n) is 6.88. The van der Waals surface area contributed by atoms with Crippen molar-refractivity contribution < 1.29 is 43.2 Å². The maximum atomic E-state index is 14.8. The summed E-state index contributed by atoms with van der Waals surface area (Å²) in [5.74, 6) is 0.919. The molecule has 3 aliphatic rings. The Balaban J connectivity index is 1.30. The van der Waals surface area contributed by atoms with Crippen LogP contribution in [0.25, 0.3) is 5.57 Å². The third kappa shape index (κ3) is 7.67. The zero-order valence-electron chi connectivity index (χ0n) is 27.8. The summed E-state index contributed by atoms with van der Waals surface area (Å²) in [6.45, 7) is 0.497. The molecule has 2 unspecified atom stereocenters. The predicted molar refractivity (Wildman–Crippen MR) is 186 cm³/mol. The lowest BCUT2D eigenvalue weighted by Gasteiger charge is -2.49. The number of fused-ring (bicyclic) bond motifs is 2. The zero-order chi connectivity index (χ0) is 35.5. The largest absolute Gasteiger partial charge is 0.497 e. The first kappa shape index (κ1) is 35.1. The molecule has 1 saturated carbocycles. The summed E-state index contributed by atoms with van der Waals surface area (Å²) in [6.07, 6.45) is 0.845. The van der Waals surface area contributed by atoms with Crippen molar-refractivity contribution >= 4 is 39.6 Å². The number of halogens is 2. The SMILES string of the molecule is COc1cc(CN(C(=O)C2=C(c3ccc(CCCOc4cc(F)ccc4Br)cc3)CC3CN(C(=O)O)CC2N3C(=O)O)C2CC2)cc(OC)c1. The van der Waals surface area contributed by atoms with Crippen molar-refractivity contribution in [2.24, 2.45) is 0 Å². The fourth-order valence-corrected chi connectivity index (χ4v) is 7.24. The first-order chi connectivity index (χ1) is 24.1. The maximum Gasteiger partial charge on any atom is 0.408 e. The minimum Gasteiger partial charge on any atom is -0.497 e. The second-order valence-corrected chi connectivity index (χ2v) is 13.6. The molecule has 11 nitrogen and oxygen atoms in total. The Kier molecular flexibility index (Phi) is 10.5. The molecule has 2 heterocycles. The summed E-state index contributed by atoms with van der Waals surface area (Å²) >= 11 is 3.38. The number of hydrogen-bond donors (Lipinski definition) is 2. The highest BCUT2D eigenvalue weighted by Gasteiger charge is 2.49. The second-order valence-electron chi connectivity index (χ2n) is 12.8. The fraction of sp³-hybridized carbons (Fsp3) is 0.378. The van der Waals surface area contributed by atoms with E-state index in [1.54, 1.807) is 31.3 Å². The van der Waals surface area contributed by atoms with E-state index >= 15 is 0 Å². The Morgan fingerprint density at radius 2 is 1.62 bits per heavy atom. The van der Waals surface area contributed by atoms with Gasteiger partial charge in [0.25, 0.3) is 5.91 Å². The minimum absolute atomic E-state index is 0.0125. The van der Waals surface area contributed by atoms with Gasteiger partial charge in [-0.25, -0.2) is 14.0 Å². The smallest absolute Gasteiger partial charge is 0.408 e. The summed E-state index contributed by atoms with van der Waals surface area (Å²) in [7, 11) is 3.11. The van der Waals surface area contributed by atoms with Crippen LogP contribution in [0.1, 0.15) is 42.4 Å². The van der Waals surface area contributed by atoms with Crippen molar-refractivity contribution in [3.8, 4) is 17.2 Å². The van der Waals surface area contributed by atoms with Gasteiger partial charge in [0.15, 0.2) is 0 Å². The number of methoxy groups -OCH3 is 2. The third-order valence-corrected chi connectivity index (χ3v) is 10.1. The van der Waals surface area contributed by atoms with Gasteiger partial charge in [0.05, 0.1) is 37.4 Å². The van der Waals surface area contributed by atoms with Crippen molar-refractivity contribution in [2.75, 3.05) is 33.9 Å². The summed E-state index contributed by atoms with van der Waals surface area (Å²) < 4.78 is 31.0. The van der Waals surface area contributed by atoms with Crippen molar-refractivity contribution in [2.45, 2.75) is 56.8 Å². The predicted octanol–water partition coefficient (Wildman–Crippen LogP) is 6.68. The average Bonchev–Trinajstić information content (AvgIpc) is 3.95. The molecule has 2 N–H and O–H groups in total. The molecule has 1 aliphatic carbocycles. The van der Waals surface area contributed by atoms with E-state index in [4.69, 9.17) is 14.2 Å². The molecule has 0 aromatic heterocycles. The van der Waals surface area contributed by atoms with Crippen LogP contribution in [0.15, 0.2) is 70.7 Å². The van der Waals surface area contributed by atoms with E-state index in [1.165, 1.54) is 21.9 Å². The first-order valence-corrected chi connectivity index (χ1v) is 17.3. The van der Waals surface area contributed by atoms with Crippen LogP contribution in [0.5, 0.6) is 17.2 Å². The molecule has 50 heavy (non-hydrogen) atoms. The number of piperazine rings is 1. The van der Waals surface area contributed by atoms with Gasteiger partial charge in [0.1, 0.15) is 23.1 Å². The maximum absolute atomic E-state index is 14.8. The van der Waals surface area contributed by atoms with Gasteiger partial charge in [-0.15, -0.1) is 0 Å². The monoisotopic (exact) mass is 751 g/mol. The van der Waals surface area contributed by atoms with Crippen LogP contribution >= 0.6 is 15.9 Å². The van der Waals surface area contributed by atoms with E-state index in [0.717, 1.165) is 35.1 Å². The second kappa shape index (κ2) is 15.0. The van der Waals surface area contributed by atoms with E-state index in [-0.39, 0.29) is 43.8 Å². The normalized spacial score (nSPS) is 18.5. The number of aryl methyl sites for hydroxylation is 1. The Hall–Kier alpha value is -4.78. The number of carboxylic acid groups (broad SMARTS) is 2. The lowest BCUT2D eigenvalue weighted by molar-refractivity contribution is -0.129. The van der Waals surface area contributed by atoms with Crippen LogP contribution in [0, 0.1) is 5.82 Å². The highest BCUT2D eigenvalue weighted by molar-refractivity contribution is 9.10. The highest BCUT2D eigenvalue weighted by atomic mass is 79.9. The number of hydrogen-bond acceptors (Lipinski definition) is 6. The zero-order valence-corrected chi connectivity index (χ0v) is 29.4. The Morgan fingerprint density at radius 3 is 2.24 bits per heavy atom. The van der Waals surface area contributed by atoms with Crippen molar-refractivity contribution in [3.63, 3.8) is 0 Å². The number of ether oxygens (including phenoxy) is 3. The number of carbonyl (C=O) groups is 3. The molecule has 2 atom stereocenters. The molecule has 264 valence electrons. The van der Waals surface area contributed by atoms with E-state index in [9.17, 15) is 29.0 Å². The van der Waals surface area contributed by atoms with Crippen LogP contribution < -0.4 is 14.2 Å². The quantitative estimate of drug-likeness (QED) is 0.196. The van der Waals surface area contributed by atoms with Gasteiger partial charge in [-0.2, -0.15) is 0 Å². The molecule has 3 aromatic rings. The number of nitrogens with zero attached hydrogens (tertiary/aromatic N) is 3. The molecular formula is C37H39BrFN3O8. The Labute approximate surface area is 297 Å². The van der Waals surface area contributed by atoms with Crippen molar-refractivity contribution in [3.05, 3.63) is 93.2 Å². The topological polar surface area (TPSA) is 129 Å². The number of rotatable bonds is 12. The van der Waals surface area contributed by atoms with Crippen molar-refractivity contribution in [1.82, 2.24) is 14.7 Å². The molecular weight excluding hydrogens is 713 g/mol. The number of benzene rings is 3. The van der Waals surface area contributed by atoms with E-state index in [2.05, 4.69) is 15.9 Å². The molecule has 2 bridgehead atoms. The van der Waals surface area contributed by atoms with Crippen LogP contribution in [-0.4, -0.2) is 95.0 Å². The molecule has 3 aromatic carbocycles. The summed E-state index contributed by atoms with van der Waals surface area (Å²) in [5, 5.41) is 20.3. The van der Waals surface area contributed by atoms with Crippen LogP contribution in [0.4, 0.5) is 14.0 Å². The minimum atomic E-state index is -1.19. The van der Waals surface area contributed by atoms with Gasteiger partial charge in [0, 0.05) is 43.4 Å². The Morgan fingerprint density at radius 1 is 0.920 bits per heavy atom. The van der Waals surface area contributed by atoms with Gasteiger partial charge in [-0.05, 0) is 94.6 Å². The Bertz CT molecular complexity index is 1780. The summed E-state index contributed by atoms with van der Waals surface area (Å²) in [4.78, 5) is 43.9. The van der Waals surface area contributed by atoms with Crippen molar-refractivity contribution in [1.29, 1.82) is 0 Å². The molecule has 6 rings (SSSR count).